The van der Waals surface area contributed by atoms with Gasteiger partial charge in [-0.15, -0.1) is 0 Å². The predicted octanol–water partition coefficient (Wildman–Crippen LogP) is 3.30. The van der Waals surface area contributed by atoms with Crippen molar-refractivity contribution >= 4 is 0 Å². The van der Waals surface area contributed by atoms with Crippen LogP contribution in [0.2, 0.25) is 0 Å². The van der Waals surface area contributed by atoms with Gasteiger partial charge in [-0.1, -0.05) is 41.5 Å². The van der Waals surface area contributed by atoms with Crippen molar-refractivity contribution in [3.63, 3.8) is 0 Å². The van der Waals surface area contributed by atoms with Gasteiger partial charge in [-0.05, 0) is 36.1 Å². The molecule has 0 aliphatic heterocycles. The lowest BCUT2D eigenvalue weighted by atomic mass is 9.95. The molecule has 0 spiro atoms. The van der Waals surface area contributed by atoms with Crippen LogP contribution in [0, 0.1) is 22.7 Å². The molecule has 14 heavy (non-hydrogen) atoms. The van der Waals surface area contributed by atoms with Crippen LogP contribution in [0.4, 0.5) is 0 Å². The van der Waals surface area contributed by atoms with E-state index in [-0.39, 0.29) is 0 Å². The van der Waals surface area contributed by atoms with Crippen molar-refractivity contribution < 1.29 is 0 Å². The maximum Gasteiger partial charge on any atom is 0.0105 e. The molecule has 1 fully saturated rings. The van der Waals surface area contributed by atoms with Gasteiger partial charge in [0, 0.05) is 6.04 Å². The topological polar surface area (TPSA) is 12.0 Å². The summed E-state index contributed by atoms with van der Waals surface area (Å²) in [4.78, 5) is 0. The van der Waals surface area contributed by atoms with Crippen LogP contribution in [-0.4, -0.2) is 13.1 Å². The summed E-state index contributed by atoms with van der Waals surface area (Å²) >= 11 is 0. The normalized spacial score (nSPS) is 26.6. The Kier molecular flexibility index (Phi) is 3.02. The van der Waals surface area contributed by atoms with Gasteiger partial charge in [0.2, 0.25) is 0 Å². The van der Waals surface area contributed by atoms with E-state index in [1.807, 2.05) is 0 Å². The van der Waals surface area contributed by atoms with E-state index in [1.54, 1.807) is 0 Å². The number of hydrogen-bond acceptors (Lipinski definition) is 1. The Morgan fingerprint density at radius 3 is 1.71 bits per heavy atom. The quantitative estimate of drug-likeness (QED) is 0.729. The van der Waals surface area contributed by atoms with E-state index < -0.39 is 0 Å². The molecule has 1 aliphatic carbocycles. The molecule has 0 aromatic heterocycles. The van der Waals surface area contributed by atoms with Gasteiger partial charge in [-0.25, -0.2) is 0 Å². The van der Waals surface area contributed by atoms with E-state index in [4.69, 9.17) is 0 Å². The van der Waals surface area contributed by atoms with Crippen LogP contribution in [-0.2, 0) is 0 Å². The molecule has 0 saturated heterocycles. The molecule has 0 radical (unpaired) electrons. The lowest BCUT2D eigenvalue weighted by Crippen LogP contribution is -2.31. The molecule has 0 aromatic rings. The van der Waals surface area contributed by atoms with Gasteiger partial charge in [0.1, 0.15) is 0 Å². The second-order valence-corrected chi connectivity index (χ2v) is 6.45. The first-order valence-corrected chi connectivity index (χ1v) is 5.92. The molecule has 1 nitrogen and oxygen atoms in total. The first-order valence-electron chi connectivity index (χ1n) is 5.92. The fraction of sp³-hybridized carbons (Fsp3) is 1.00. The summed E-state index contributed by atoms with van der Waals surface area (Å²) in [5, 5.41) is 3.51. The minimum atomic E-state index is 0.509. The molecule has 0 amide bonds. The van der Waals surface area contributed by atoms with Crippen molar-refractivity contribution in [1.82, 2.24) is 5.32 Å². The van der Waals surface area contributed by atoms with Gasteiger partial charge in [-0.3, -0.25) is 0 Å². The standard InChI is InChI=1S/C13H27N/c1-9(2)8-10(14-7)11-12(3,4)13(11,5)6/h9-11,14H,8H2,1-7H3. The Morgan fingerprint density at radius 2 is 1.50 bits per heavy atom. The van der Waals surface area contributed by atoms with Crippen LogP contribution in [0.15, 0.2) is 0 Å². The molecule has 1 aliphatic rings. The molecule has 0 aromatic carbocycles. The zero-order chi connectivity index (χ0) is 11.1. The summed E-state index contributed by atoms with van der Waals surface area (Å²) in [6, 6.07) is 0.694. The average molecular weight is 197 g/mol. The maximum absolute atomic E-state index is 3.51. The van der Waals surface area contributed by atoms with Gasteiger partial charge in [0.05, 0.1) is 0 Å². The summed E-state index contributed by atoms with van der Waals surface area (Å²) in [7, 11) is 2.11. The molecule has 1 saturated carbocycles. The molecule has 1 N–H and O–H groups in total. The van der Waals surface area contributed by atoms with Gasteiger partial charge in [0.15, 0.2) is 0 Å². The minimum Gasteiger partial charge on any atom is -0.317 e. The summed E-state index contributed by atoms with van der Waals surface area (Å²) in [6.07, 6.45) is 1.30. The zero-order valence-electron chi connectivity index (χ0n) is 10.9. The van der Waals surface area contributed by atoms with E-state index in [0.29, 0.717) is 16.9 Å². The summed E-state index contributed by atoms with van der Waals surface area (Å²) in [5.74, 6) is 1.63. The van der Waals surface area contributed by atoms with Crippen molar-refractivity contribution in [2.45, 2.75) is 54.0 Å². The SMILES string of the molecule is CNC(CC(C)C)C1C(C)(C)C1(C)C. The molecule has 84 valence electrons. The summed E-state index contributed by atoms with van der Waals surface area (Å²) < 4.78 is 0. The van der Waals surface area contributed by atoms with Crippen molar-refractivity contribution in [2.24, 2.45) is 22.7 Å². The summed E-state index contributed by atoms with van der Waals surface area (Å²) in [6.45, 7) is 14.2. The fourth-order valence-corrected chi connectivity index (χ4v) is 3.18. The molecule has 0 heterocycles. The fourth-order valence-electron chi connectivity index (χ4n) is 3.18. The number of hydrogen-bond donors (Lipinski definition) is 1. The highest BCUT2D eigenvalue weighted by atomic mass is 14.9. The van der Waals surface area contributed by atoms with Crippen LogP contribution in [0.25, 0.3) is 0 Å². The molecule has 0 bridgehead atoms. The van der Waals surface area contributed by atoms with Crippen LogP contribution >= 0.6 is 0 Å². The van der Waals surface area contributed by atoms with Crippen molar-refractivity contribution in [2.75, 3.05) is 7.05 Å². The van der Waals surface area contributed by atoms with Gasteiger partial charge < -0.3 is 5.32 Å². The Bertz CT molecular complexity index is 189. The van der Waals surface area contributed by atoms with Crippen LogP contribution in [0.3, 0.4) is 0 Å². The Morgan fingerprint density at radius 1 is 1.07 bits per heavy atom. The summed E-state index contributed by atoms with van der Waals surface area (Å²) in [5.41, 5.74) is 1.02. The third kappa shape index (κ3) is 1.71. The highest BCUT2D eigenvalue weighted by molar-refractivity contribution is 5.16. The molecular weight excluding hydrogens is 170 g/mol. The third-order valence-corrected chi connectivity index (χ3v) is 4.63. The lowest BCUT2D eigenvalue weighted by Gasteiger charge is -2.20. The average Bonchev–Trinajstić information content (AvgIpc) is 2.39. The van der Waals surface area contributed by atoms with E-state index in [0.717, 1.165) is 11.8 Å². The monoisotopic (exact) mass is 197 g/mol. The molecule has 1 rings (SSSR count). The van der Waals surface area contributed by atoms with E-state index in [1.165, 1.54) is 6.42 Å². The van der Waals surface area contributed by atoms with E-state index in [9.17, 15) is 0 Å². The largest absolute Gasteiger partial charge is 0.317 e. The molecule has 1 atom stereocenters. The smallest absolute Gasteiger partial charge is 0.0105 e. The van der Waals surface area contributed by atoms with Crippen molar-refractivity contribution in [3.8, 4) is 0 Å². The predicted molar refractivity (Wildman–Crippen MR) is 63.4 cm³/mol. The van der Waals surface area contributed by atoms with Crippen molar-refractivity contribution in [3.05, 3.63) is 0 Å². The van der Waals surface area contributed by atoms with Crippen LogP contribution in [0.5, 0.6) is 0 Å². The zero-order valence-corrected chi connectivity index (χ0v) is 10.9. The van der Waals surface area contributed by atoms with Crippen LogP contribution < -0.4 is 5.32 Å². The molecule has 1 unspecified atom stereocenters. The first kappa shape index (κ1) is 12.0. The lowest BCUT2D eigenvalue weighted by molar-refractivity contribution is 0.358. The maximum atomic E-state index is 3.51. The highest BCUT2D eigenvalue weighted by Gasteiger charge is 2.66. The second kappa shape index (κ2) is 3.52. The van der Waals surface area contributed by atoms with Gasteiger partial charge in [0.25, 0.3) is 0 Å². The van der Waals surface area contributed by atoms with E-state index in [2.05, 4.69) is 53.9 Å². The van der Waals surface area contributed by atoms with Crippen LogP contribution in [0.1, 0.15) is 48.0 Å². The first-order chi connectivity index (χ1) is 6.25. The van der Waals surface area contributed by atoms with E-state index >= 15 is 0 Å². The van der Waals surface area contributed by atoms with Gasteiger partial charge >= 0.3 is 0 Å². The van der Waals surface area contributed by atoms with Crippen molar-refractivity contribution in [1.29, 1.82) is 0 Å². The number of rotatable bonds is 4. The number of nitrogens with one attached hydrogen (secondary N) is 1. The van der Waals surface area contributed by atoms with Gasteiger partial charge in [-0.2, -0.15) is 0 Å². The minimum absolute atomic E-state index is 0.509. The Balaban J connectivity index is 2.65. The third-order valence-electron chi connectivity index (χ3n) is 4.63. The highest BCUT2D eigenvalue weighted by Crippen LogP contribution is 2.70. The Hall–Kier alpha value is -0.0400. The Labute approximate surface area is 89.7 Å². The second-order valence-electron chi connectivity index (χ2n) is 6.45. The molecule has 1 heteroatoms. The molecular formula is C13H27N.